The van der Waals surface area contributed by atoms with Crippen LogP contribution in [0, 0.1) is 11.3 Å². The Morgan fingerprint density at radius 2 is 2.08 bits per heavy atom. The van der Waals surface area contributed by atoms with Crippen molar-refractivity contribution >= 4 is 38.5 Å². The van der Waals surface area contributed by atoms with Gasteiger partial charge in [-0.25, -0.2) is 0 Å². The van der Waals surface area contributed by atoms with E-state index in [0.717, 1.165) is 4.47 Å². The van der Waals surface area contributed by atoms with Crippen molar-refractivity contribution in [3.8, 4) is 0 Å². The average molecular weight is 378 g/mol. The molecule has 0 amide bonds. The molecule has 0 fully saturated rings. The number of aromatic nitrogens is 1. The van der Waals surface area contributed by atoms with E-state index in [1.807, 2.05) is 6.92 Å². The minimum absolute atomic E-state index is 0.0159. The second-order valence-electron chi connectivity index (χ2n) is 6.62. The molecule has 24 heavy (non-hydrogen) atoms. The molecule has 2 unspecified atom stereocenters. The van der Waals surface area contributed by atoms with Crippen LogP contribution in [0.15, 0.2) is 71.3 Å². The fourth-order valence-corrected chi connectivity index (χ4v) is 4.15. The summed E-state index contributed by atoms with van der Waals surface area (Å²) in [5.41, 5.74) is 2.54. The molecule has 2 aliphatic rings. The molecule has 1 aromatic heterocycles. The van der Waals surface area contributed by atoms with Crippen LogP contribution < -0.4 is 10.6 Å². The predicted molar refractivity (Wildman–Crippen MR) is 107 cm³/mol. The lowest BCUT2D eigenvalue weighted by atomic mass is 9.67. The van der Waals surface area contributed by atoms with Gasteiger partial charge in [0, 0.05) is 31.9 Å². The summed E-state index contributed by atoms with van der Waals surface area (Å²) in [4.78, 5) is 3.64. The summed E-state index contributed by atoms with van der Waals surface area (Å²) in [7, 11) is 0. The molecule has 120 valence electrons. The standard InChI is InChI=1S/C22H20BrN/c1-3-4-5-8-15-13-18-17-14-16(23)10-11-20(17)24-21(18)19-9-6-7-12-22(15,19)2/h3-15,24H,1-2H3/b4-3-,8-5-. The number of hydrogen-bond acceptors (Lipinski definition) is 0. The highest BCUT2D eigenvalue weighted by Gasteiger charge is 2.36. The van der Waals surface area contributed by atoms with Crippen molar-refractivity contribution < 1.29 is 0 Å². The quantitative estimate of drug-likeness (QED) is 0.726. The summed E-state index contributed by atoms with van der Waals surface area (Å²) in [5.74, 6) is 0.329. The Labute approximate surface area is 150 Å². The molecule has 2 heteroatoms. The average Bonchev–Trinajstić information content (AvgIpc) is 2.92. The van der Waals surface area contributed by atoms with E-state index < -0.39 is 0 Å². The maximum Gasteiger partial charge on any atom is 0.0503 e. The number of benzene rings is 1. The third kappa shape index (κ3) is 2.29. The van der Waals surface area contributed by atoms with Crippen LogP contribution in [0.5, 0.6) is 0 Å². The van der Waals surface area contributed by atoms with Crippen LogP contribution in [0.4, 0.5) is 0 Å². The second-order valence-corrected chi connectivity index (χ2v) is 7.54. The normalized spacial score (nSPS) is 25.5. The van der Waals surface area contributed by atoms with Gasteiger partial charge in [-0.05, 0) is 30.7 Å². The zero-order valence-corrected chi connectivity index (χ0v) is 15.5. The summed E-state index contributed by atoms with van der Waals surface area (Å²) in [6.45, 7) is 4.38. The molecule has 0 spiro atoms. The van der Waals surface area contributed by atoms with Gasteiger partial charge in [-0.2, -0.15) is 0 Å². The topological polar surface area (TPSA) is 15.8 Å². The van der Waals surface area contributed by atoms with Crippen molar-refractivity contribution in [2.45, 2.75) is 13.8 Å². The number of rotatable bonds is 2. The van der Waals surface area contributed by atoms with Gasteiger partial charge >= 0.3 is 0 Å². The van der Waals surface area contributed by atoms with Gasteiger partial charge in [0.25, 0.3) is 0 Å². The maximum absolute atomic E-state index is 3.64. The molecule has 2 aromatic rings. The molecule has 0 aliphatic heterocycles. The third-order valence-corrected chi connectivity index (χ3v) is 5.62. The highest BCUT2D eigenvalue weighted by atomic mass is 79.9. The predicted octanol–water partition coefficient (Wildman–Crippen LogP) is 4.76. The highest BCUT2D eigenvalue weighted by molar-refractivity contribution is 9.10. The van der Waals surface area contributed by atoms with Crippen molar-refractivity contribution in [1.82, 2.24) is 4.98 Å². The molecule has 4 rings (SSSR count). The van der Waals surface area contributed by atoms with Crippen LogP contribution in [0.1, 0.15) is 13.8 Å². The number of hydrogen-bond donors (Lipinski definition) is 1. The number of nitrogens with one attached hydrogen (secondary N) is 1. The van der Waals surface area contributed by atoms with Crippen molar-refractivity contribution in [2.75, 3.05) is 0 Å². The van der Waals surface area contributed by atoms with E-state index in [9.17, 15) is 0 Å². The van der Waals surface area contributed by atoms with Gasteiger partial charge in [0.1, 0.15) is 0 Å². The zero-order valence-electron chi connectivity index (χ0n) is 13.9. The minimum Gasteiger partial charge on any atom is -0.354 e. The first-order valence-corrected chi connectivity index (χ1v) is 9.12. The molecule has 1 N–H and O–H groups in total. The van der Waals surface area contributed by atoms with Crippen molar-refractivity contribution in [3.05, 3.63) is 81.8 Å². The van der Waals surface area contributed by atoms with Crippen LogP contribution in [-0.4, -0.2) is 4.98 Å². The lowest BCUT2D eigenvalue weighted by molar-refractivity contribution is 0.493. The monoisotopic (exact) mass is 377 g/mol. The summed E-state index contributed by atoms with van der Waals surface area (Å²) < 4.78 is 1.11. The number of aromatic amines is 1. The fraction of sp³-hybridized carbons (Fsp3) is 0.182. The third-order valence-electron chi connectivity index (χ3n) is 5.13. The molecule has 1 heterocycles. The Balaban J connectivity index is 2.07. The lowest BCUT2D eigenvalue weighted by Gasteiger charge is -2.36. The smallest absolute Gasteiger partial charge is 0.0503 e. The van der Waals surface area contributed by atoms with Gasteiger partial charge in [-0.3, -0.25) is 0 Å². The molecule has 1 nitrogen and oxygen atoms in total. The fourth-order valence-electron chi connectivity index (χ4n) is 3.79. The first kappa shape index (κ1) is 15.5. The number of H-pyrrole nitrogens is 1. The van der Waals surface area contributed by atoms with E-state index in [0.29, 0.717) is 5.92 Å². The molecule has 0 saturated heterocycles. The minimum atomic E-state index is -0.0159. The highest BCUT2D eigenvalue weighted by Crippen LogP contribution is 2.43. The first-order chi connectivity index (χ1) is 11.6. The number of halogens is 1. The maximum atomic E-state index is 3.64. The van der Waals surface area contributed by atoms with E-state index in [4.69, 9.17) is 0 Å². The second kappa shape index (κ2) is 5.78. The molecular formula is C22H20BrN. The van der Waals surface area contributed by atoms with Crippen LogP contribution in [0.2, 0.25) is 0 Å². The van der Waals surface area contributed by atoms with Crippen molar-refractivity contribution in [1.29, 1.82) is 0 Å². The molecule has 1 aromatic carbocycles. The summed E-state index contributed by atoms with van der Waals surface area (Å²) in [6.07, 6.45) is 19.9. The molecule has 2 aliphatic carbocycles. The first-order valence-electron chi connectivity index (χ1n) is 8.33. The van der Waals surface area contributed by atoms with Gasteiger partial charge in [0.05, 0.1) is 5.35 Å². The Morgan fingerprint density at radius 1 is 1.21 bits per heavy atom. The lowest BCUT2D eigenvalue weighted by Crippen LogP contribution is -2.40. The Bertz CT molecular complexity index is 1050. The van der Waals surface area contributed by atoms with Crippen LogP contribution >= 0.6 is 15.9 Å². The Morgan fingerprint density at radius 3 is 2.92 bits per heavy atom. The van der Waals surface area contributed by atoms with Gasteiger partial charge in [0.15, 0.2) is 0 Å². The molecule has 2 atom stereocenters. The van der Waals surface area contributed by atoms with E-state index >= 15 is 0 Å². The van der Waals surface area contributed by atoms with E-state index in [1.54, 1.807) is 0 Å². The van der Waals surface area contributed by atoms with E-state index in [-0.39, 0.29) is 5.41 Å². The van der Waals surface area contributed by atoms with Gasteiger partial charge < -0.3 is 4.98 Å². The Kier molecular flexibility index (Phi) is 3.73. The van der Waals surface area contributed by atoms with E-state index in [1.165, 1.54) is 27.0 Å². The van der Waals surface area contributed by atoms with Gasteiger partial charge in [-0.15, -0.1) is 0 Å². The molecule has 0 bridgehead atoms. The molecular weight excluding hydrogens is 358 g/mol. The number of allylic oxidation sites excluding steroid dienone is 8. The summed E-state index contributed by atoms with van der Waals surface area (Å²) in [6, 6.07) is 6.45. The van der Waals surface area contributed by atoms with Crippen LogP contribution in [0.3, 0.4) is 0 Å². The van der Waals surface area contributed by atoms with Crippen LogP contribution in [0.25, 0.3) is 22.6 Å². The van der Waals surface area contributed by atoms with Crippen molar-refractivity contribution in [3.63, 3.8) is 0 Å². The van der Waals surface area contributed by atoms with Crippen molar-refractivity contribution in [2.24, 2.45) is 11.3 Å². The van der Waals surface area contributed by atoms with Gasteiger partial charge in [-0.1, -0.05) is 77.5 Å². The molecule has 0 saturated carbocycles. The van der Waals surface area contributed by atoms with Gasteiger partial charge in [0.2, 0.25) is 0 Å². The number of fused-ring (bicyclic) bond motifs is 4. The molecule has 0 radical (unpaired) electrons. The largest absolute Gasteiger partial charge is 0.354 e. The SMILES string of the molecule is C/C=C\C=C/C1C=c2c([nH]c3ccc(Br)cc23)=C2C=CC=CC21C. The summed E-state index contributed by atoms with van der Waals surface area (Å²) in [5, 5.41) is 3.84. The summed E-state index contributed by atoms with van der Waals surface area (Å²) >= 11 is 3.61. The van der Waals surface area contributed by atoms with E-state index in [2.05, 4.69) is 101 Å². The Hall–Kier alpha value is -2.06. The van der Waals surface area contributed by atoms with Crippen LogP contribution in [-0.2, 0) is 0 Å². The zero-order chi connectivity index (χ0) is 16.7.